The van der Waals surface area contributed by atoms with Crippen molar-refractivity contribution in [3.63, 3.8) is 0 Å². The fourth-order valence-corrected chi connectivity index (χ4v) is 7.68. The van der Waals surface area contributed by atoms with Crippen LogP contribution in [0.25, 0.3) is 60.9 Å². The zero-order valence-corrected chi connectivity index (χ0v) is 29.4. The van der Waals surface area contributed by atoms with Crippen molar-refractivity contribution in [1.29, 1.82) is 0 Å². The smallest absolute Gasteiger partial charge is 0.0541 e. The highest BCUT2D eigenvalue weighted by atomic mass is 15.1. The van der Waals surface area contributed by atoms with E-state index >= 15 is 0 Å². The van der Waals surface area contributed by atoms with E-state index in [1.807, 2.05) is 0 Å². The van der Waals surface area contributed by atoms with Gasteiger partial charge in [0.2, 0.25) is 0 Å². The molecule has 0 spiro atoms. The highest BCUT2D eigenvalue weighted by Crippen LogP contribution is 2.39. The molecule has 0 aliphatic rings. The summed E-state index contributed by atoms with van der Waals surface area (Å²) >= 11 is 0. The molecule has 0 unspecified atom stereocenters. The second-order valence-corrected chi connectivity index (χ2v) is 13.5. The monoisotopic (exact) mass is 666 g/mol. The fourth-order valence-electron chi connectivity index (χ4n) is 7.68. The summed E-state index contributed by atoms with van der Waals surface area (Å²) in [6, 6.07) is 70.0. The molecule has 2 heteroatoms. The van der Waals surface area contributed by atoms with Crippen LogP contribution < -0.4 is 4.90 Å². The number of hydrogen-bond donors (Lipinski definition) is 0. The predicted molar refractivity (Wildman–Crippen MR) is 221 cm³/mol. The number of rotatable bonds is 7. The van der Waals surface area contributed by atoms with Crippen LogP contribution in [-0.2, 0) is 0 Å². The minimum atomic E-state index is 1.12. The highest BCUT2D eigenvalue weighted by molar-refractivity contribution is 6.09. The van der Waals surface area contributed by atoms with Crippen LogP contribution in [0.1, 0.15) is 11.1 Å². The topological polar surface area (TPSA) is 8.17 Å². The molecule has 0 aliphatic carbocycles. The number of nitrogens with zero attached hydrogens (tertiary/aromatic N) is 2. The average Bonchev–Trinajstić information content (AvgIpc) is 3.55. The van der Waals surface area contributed by atoms with Crippen LogP contribution in [0.3, 0.4) is 0 Å². The Kier molecular flexibility index (Phi) is 7.98. The lowest BCUT2D eigenvalue weighted by Crippen LogP contribution is -2.09. The van der Waals surface area contributed by atoms with Crippen LogP contribution in [0.5, 0.6) is 0 Å². The van der Waals surface area contributed by atoms with Gasteiger partial charge in [0, 0.05) is 33.5 Å². The van der Waals surface area contributed by atoms with E-state index < -0.39 is 0 Å². The third-order valence-corrected chi connectivity index (χ3v) is 10.3. The summed E-state index contributed by atoms with van der Waals surface area (Å²) in [4.78, 5) is 2.32. The van der Waals surface area contributed by atoms with Gasteiger partial charge < -0.3 is 9.47 Å². The maximum Gasteiger partial charge on any atom is 0.0541 e. The van der Waals surface area contributed by atoms with Crippen molar-refractivity contribution in [2.45, 2.75) is 13.8 Å². The number of para-hydroxylation sites is 3. The largest absolute Gasteiger partial charge is 0.311 e. The van der Waals surface area contributed by atoms with Crippen LogP contribution in [-0.4, -0.2) is 4.57 Å². The first-order chi connectivity index (χ1) is 25.6. The molecule has 8 aromatic carbocycles. The summed E-state index contributed by atoms with van der Waals surface area (Å²) < 4.78 is 2.37. The molecule has 0 aliphatic heterocycles. The molecule has 9 aromatic rings. The maximum absolute atomic E-state index is 2.37. The van der Waals surface area contributed by atoms with Crippen molar-refractivity contribution in [2.75, 3.05) is 4.90 Å². The lowest BCUT2D eigenvalue weighted by molar-refractivity contribution is 1.18. The van der Waals surface area contributed by atoms with E-state index in [4.69, 9.17) is 0 Å². The Balaban J connectivity index is 1.02. The zero-order chi connectivity index (χ0) is 35.0. The summed E-state index contributed by atoms with van der Waals surface area (Å²) in [7, 11) is 0. The second-order valence-electron chi connectivity index (χ2n) is 13.5. The first kappa shape index (κ1) is 31.3. The highest BCUT2D eigenvalue weighted by Gasteiger charge is 2.15. The van der Waals surface area contributed by atoms with Crippen molar-refractivity contribution >= 4 is 38.9 Å². The van der Waals surface area contributed by atoms with E-state index in [2.05, 4.69) is 217 Å². The van der Waals surface area contributed by atoms with Gasteiger partial charge in [0.1, 0.15) is 0 Å². The average molecular weight is 667 g/mol. The molecule has 0 N–H and O–H groups in total. The van der Waals surface area contributed by atoms with Gasteiger partial charge in [-0.05, 0) is 119 Å². The van der Waals surface area contributed by atoms with Crippen molar-refractivity contribution in [3.05, 3.63) is 205 Å². The summed E-state index contributed by atoms with van der Waals surface area (Å²) in [5.74, 6) is 0. The quantitative estimate of drug-likeness (QED) is 0.164. The Hall–Kier alpha value is -6.64. The molecule has 52 heavy (non-hydrogen) atoms. The van der Waals surface area contributed by atoms with Gasteiger partial charge in [-0.1, -0.05) is 133 Å². The van der Waals surface area contributed by atoms with Gasteiger partial charge in [-0.2, -0.15) is 0 Å². The number of aryl methyl sites for hydroxylation is 2. The molecule has 0 radical (unpaired) electrons. The molecule has 1 aromatic heterocycles. The standard InChI is InChI=1S/C50H38N2/c1-35-34-48(40-25-31-44(32-26-40)52-49-19-11-9-17-45(49)46-18-10-12-20-50(46)52)36(2)33-47(35)39-23-29-43(30-24-39)51(41-15-7-4-8-16-41)42-27-21-38(22-28-42)37-13-5-3-6-14-37/h3-34H,1-2H3. The molecule has 0 atom stereocenters. The Morgan fingerprint density at radius 1 is 0.346 bits per heavy atom. The van der Waals surface area contributed by atoms with Crippen molar-refractivity contribution in [1.82, 2.24) is 4.57 Å². The van der Waals surface area contributed by atoms with E-state index in [1.165, 1.54) is 72.0 Å². The van der Waals surface area contributed by atoms with E-state index in [0.29, 0.717) is 0 Å². The minimum absolute atomic E-state index is 1.12. The van der Waals surface area contributed by atoms with E-state index in [1.54, 1.807) is 0 Å². The number of hydrogen-bond acceptors (Lipinski definition) is 1. The van der Waals surface area contributed by atoms with Gasteiger partial charge in [-0.25, -0.2) is 0 Å². The molecule has 0 amide bonds. The maximum atomic E-state index is 2.37. The molecule has 9 rings (SSSR count). The predicted octanol–water partition coefficient (Wildman–Crippen LogP) is 13.9. The summed E-state index contributed by atoms with van der Waals surface area (Å²) in [6.07, 6.45) is 0. The SMILES string of the molecule is Cc1cc(-c2ccc(-n3c4ccccc4c4ccccc43)cc2)c(C)cc1-c1ccc(N(c2ccccc2)c2ccc(-c3ccccc3)cc2)cc1. The molecular weight excluding hydrogens is 629 g/mol. The normalized spacial score (nSPS) is 11.3. The van der Waals surface area contributed by atoms with E-state index in [9.17, 15) is 0 Å². The number of benzene rings is 8. The Bertz CT molecular complexity index is 2600. The van der Waals surface area contributed by atoms with Crippen LogP contribution >= 0.6 is 0 Å². The second kappa shape index (κ2) is 13.2. The molecular formula is C50H38N2. The van der Waals surface area contributed by atoms with Crippen molar-refractivity contribution in [2.24, 2.45) is 0 Å². The molecule has 2 nitrogen and oxygen atoms in total. The number of fused-ring (bicyclic) bond motifs is 3. The lowest BCUT2D eigenvalue weighted by atomic mass is 9.91. The van der Waals surface area contributed by atoms with Crippen molar-refractivity contribution < 1.29 is 0 Å². The van der Waals surface area contributed by atoms with Crippen LogP contribution in [0, 0.1) is 13.8 Å². The molecule has 1 heterocycles. The molecule has 0 saturated carbocycles. The van der Waals surface area contributed by atoms with Crippen LogP contribution in [0.15, 0.2) is 194 Å². The van der Waals surface area contributed by atoms with Gasteiger partial charge >= 0.3 is 0 Å². The fraction of sp³-hybridized carbons (Fsp3) is 0.0400. The van der Waals surface area contributed by atoms with Crippen molar-refractivity contribution in [3.8, 4) is 39.1 Å². The lowest BCUT2D eigenvalue weighted by Gasteiger charge is -2.26. The van der Waals surface area contributed by atoms with Crippen LogP contribution in [0.4, 0.5) is 17.1 Å². The Morgan fingerprint density at radius 3 is 1.25 bits per heavy atom. The van der Waals surface area contributed by atoms with Gasteiger partial charge in [0.15, 0.2) is 0 Å². The van der Waals surface area contributed by atoms with Gasteiger partial charge in [0.25, 0.3) is 0 Å². The van der Waals surface area contributed by atoms with Gasteiger partial charge in [-0.3, -0.25) is 0 Å². The number of anilines is 3. The van der Waals surface area contributed by atoms with Gasteiger partial charge in [-0.15, -0.1) is 0 Å². The van der Waals surface area contributed by atoms with Crippen LogP contribution in [0.2, 0.25) is 0 Å². The summed E-state index contributed by atoms with van der Waals surface area (Å²) in [5.41, 5.74) is 16.9. The van der Waals surface area contributed by atoms with E-state index in [-0.39, 0.29) is 0 Å². The third kappa shape index (κ3) is 5.65. The Labute approximate surface area is 305 Å². The van der Waals surface area contributed by atoms with Gasteiger partial charge in [0.05, 0.1) is 11.0 Å². The van der Waals surface area contributed by atoms with E-state index in [0.717, 1.165) is 17.1 Å². The third-order valence-electron chi connectivity index (χ3n) is 10.3. The minimum Gasteiger partial charge on any atom is -0.311 e. The summed E-state index contributed by atoms with van der Waals surface area (Å²) in [6.45, 7) is 4.45. The Morgan fingerprint density at radius 2 is 0.731 bits per heavy atom. The number of aromatic nitrogens is 1. The first-order valence-corrected chi connectivity index (χ1v) is 17.9. The molecule has 248 valence electrons. The molecule has 0 bridgehead atoms. The zero-order valence-electron chi connectivity index (χ0n) is 29.4. The molecule has 0 saturated heterocycles. The molecule has 0 fully saturated rings. The first-order valence-electron chi connectivity index (χ1n) is 17.9. The summed E-state index contributed by atoms with van der Waals surface area (Å²) in [5, 5.41) is 2.56.